The van der Waals surface area contributed by atoms with Crippen LogP contribution in [0.1, 0.15) is 35.8 Å². The second-order valence-electron chi connectivity index (χ2n) is 8.50. The van der Waals surface area contributed by atoms with Crippen molar-refractivity contribution in [2.24, 2.45) is 0 Å². The summed E-state index contributed by atoms with van der Waals surface area (Å²) < 4.78 is 18.1. The molecular weight excluding hydrogens is 454 g/mol. The van der Waals surface area contributed by atoms with Gasteiger partial charge in [-0.1, -0.05) is 18.2 Å². The Morgan fingerprint density at radius 3 is 2.94 bits per heavy atom. The summed E-state index contributed by atoms with van der Waals surface area (Å²) in [7, 11) is 1.60. The molecule has 0 spiro atoms. The number of rotatable bonds is 8. The van der Waals surface area contributed by atoms with Gasteiger partial charge in [0.05, 0.1) is 37.0 Å². The molecule has 178 valence electrons. The molecule has 2 aliphatic rings. The number of benzene rings is 2. The number of carbonyl (C=O) groups excluding carboxylic acids is 2. The lowest BCUT2D eigenvalue weighted by Crippen LogP contribution is -2.37. The molecule has 3 aromatic rings. The third-order valence-electron chi connectivity index (χ3n) is 6.13. The first-order valence-electron chi connectivity index (χ1n) is 11.4. The standard InChI is InChI=1S/C25H27N3O5S/c1-31-19-9-8-16(11-20(19)33-25-7-4-10-32-25)17-12-24(30)28(14-17)15-22(29)26-13-23-27-18-5-2-3-6-21(18)34-23/h2-3,5-6,8-9,11,17,25H,4,7,10,12-15H2,1H3,(H,26,29). The van der Waals surface area contributed by atoms with Crippen LogP contribution in [0.4, 0.5) is 0 Å². The highest BCUT2D eigenvalue weighted by molar-refractivity contribution is 7.18. The van der Waals surface area contributed by atoms with Gasteiger partial charge in [0.1, 0.15) is 5.01 Å². The van der Waals surface area contributed by atoms with E-state index in [0.717, 1.165) is 33.6 Å². The molecule has 8 nitrogen and oxygen atoms in total. The van der Waals surface area contributed by atoms with Gasteiger partial charge in [0, 0.05) is 25.3 Å². The van der Waals surface area contributed by atoms with Crippen LogP contribution in [0.3, 0.4) is 0 Å². The molecule has 2 saturated heterocycles. The van der Waals surface area contributed by atoms with Crippen LogP contribution in [0.15, 0.2) is 42.5 Å². The van der Waals surface area contributed by atoms with Gasteiger partial charge in [0.15, 0.2) is 17.8 Å². The molecule has 1 aromatic heterocycles. The van der Waals surface area contributed by atoms with E-state index in [9.17, 15) is 9.59 Å². The molecular formula is C25H27N3O5S. The van der Waals surface area contributed by atoms with Crippen LogP contribution in [-0.2, 0) is 20.9 Å². The molecule has 5 rings (SSSR count). The molecule has 0 radical (unpaired) electrons. The normalized spacial score (nSPS) is 20.1. The molecule has 34 heavy (non-hydrogen) atoms. The average molecular weight is 482 g/mol. The van der Waals surface area contributed by atoms with E-state index >= 15 is 0 Å². The summed E-state index contributed by atoms with van der Waals surface area (Å²) >= 11 is 1.56. The number of methoxy groups -OCH3 is 1. The van der Waals surface area contributed by atoms with Crippen LogP contribution in [0, 0.1) is 0 Å². The second kappa shape index (κ2) is 9.99. The zero-order chi connectivity index (χ0) is 23.5. The van der Waals surface area contributed by atoms with E-state index < -0.39 is 0 Å². The topological polar surface area (TPSA) is 90.0 Å². The molecule has 0 aliphatic carbocycles. The van der Waals surface area contributed by atoms with E-state index in [2.05, 4.69) is 10.3 Å². The quantitative estimate of drug-likeness (QED) is 0.530. The second-order valence-corrected chi connectivity index (χ2v) is 9.61. The van der Waals surface area contributed by atoms with Crippen molar-refractivity contribution in [1.82, 2.24) is 15.2 Å². The Morgan fingerprint density at radius 1 is 1.26 bits per heavy atom. The number of hydrogen-bond donors (Lipinski definition) is 1. The molecule has 2 atom stereocenters. The summed E-state index contributed by atoms with van der Waals surface area (Å²) in [5.41, 5.74) is 1.91. The molecule has 2 aliphatic heterocycles. The highest BCUT2D eigenvalue weighted by Gasteiger charge is 2.32. The number of nitrogens with zero attached hydrogens (tertiary/aromatic N) is 2. The summed E-state index contributed by atoms with van der Waals surface area (Å²) in [4.78, 5) is 31.3. The average Bonchev–Trinajstić information content (AvgIpc) is 3.58. The van der Waals surface area contributed by atoms with Crippen LogP contribution in [0.2, 0.25) is 0 Å². The fourth-order valence-corrected chi connectivity index (χ4v) is 5.28. The molecule has 3 heterocycles. The van der Waals surface area contributed by atoms with Gasteiger partial charge >= 0.3 is 0 Å². The number of nitrogens with one attached hydrogen (secondary N) is 1. The summed E-state index contributed by atoms with van der Waals surface area (Å²) in [5.74, 6) is 1.02. The minimum Gasteiger partial charge on any atom is -0.493 e. The largest absolute Gasteiger partial charge is 0.493 e. The molecule has 2 fully saturated rings. The number of thiazole rings is 1. The number of ether oxygens (including phenoxy) is 3. The van der Waals surface area contributed by atoms with Crippen molar-refractivity contribution in [3.8, 4) is 11.5 Å². The van der Waals surface area contributed by atoms with E-state index in [1.54, 1.807) is 23.3 Å². The van der Waals surface area contributed by atoms with Crippen LogP contribution in [-0.4, -0.2) is 54.8 Å². The third-order valence-corrected chi connectivity index (χ3v) is 7.17. The Morgan fingerprint density at radius 2 is 2.15 bits per heavy atom. The summed E-state index contributed by atoms with van der Waals surface area (Å²) in [6, 6.07) is 13.6. The first-order valence-corrected chi connectivity index (χ1v) is 12.3. The van der Waals surface area contributed by atoms with E-state index in [0.29, 0.717) is 37.6 Å². The van der Waals surface area contributed by atoms with Gasteiger partial charge in [0.2, 0.25) is 11.8 Å². The van der Waals surface area contributed by atoms with Crippen LogP contribution < -0.4 is 14.8 Å². The van der Waals surface area contributed by atoms with E-state index in [4.69, 9.17) is 14.2 Å². The first-order chi connectivity index (χ1) is 16.6. The van der Waals surface area contributed by atoms with Gasteiger partial charge in [-0.3, -0.25) is 9.59 Å². The monoisotopic (exact) mass is 481 g/mol. The van der Waals surface area contributed by atoms with Gasteiger partial charge in [-0.15, -0.1) is 11.3 Å². The minimum absolute atomic E-state index is 0.0117. The lowest BCUT2D eigenvalue weighted by molar-refractivity contribution is -0.133. The van der Waals surface area contributed by atoms with Crippen molar-refractivity contribution in [2.45, 2.75) is 38.0 Å². The SMILES string of the molecule is COc1ccc(C2CC(=O)N(CC(=O)NCc3nc4ccccc4s3)C2)cc1OC1CCCO1. The predicted octanol–water partition coefficient (Wildman–Crippen LogP) is 3.45. The molecule has 2 amide bonds. The van der Waals surface area contributed by atoms with Crippen molar-refractivity contribution in [3.05, 3.63) is 53.0 Å². The molecule has 0 saturated carbocycles. The number of carbonyl (C=O) groups is 2. The molecule has 2 aromatic carbocycles. The maximum absolute atomic E-state index is 12.6. The smallest absolute Gasteiger partial charge is 0.239 e. The molecule has 9 heteroatoms. The number of para-hydroxylation sites is 1. The fourth-order valence-electron chi connectivity index (χ4n) is 4.37. The maximum Gasteiger partial charge on any atom is 0.239 e. The number of hydrogen-bond acceptors (Lipinski definition) is 7. The van der Waals surface area contributed by atoms with Crippen molar-refractivity contribution in [1.29, 1.82) is 0 Å². The number of amides is 2. The minimum atomic E-state index is -0.273. The molecule has 1 N–H and O–H groups in total. The van der Waals surface area contributed by atoms with Crippen LogP contribution in [0.25, 0.3) is 10.2 Å². The third kappa shape index (κ3) is 5.00. The van der Waals surface area contributed by atoms with Crippen molar-refractivity contribution in [3.63, 3.8) is 0 Å². The first kappa shape index (κ1) is 22.6. The Labute approximate surface area is 201 Å². The highest BCUT2D eigenvalue weighted by atomic mass is 32.1. The van der Waals surface area contributed by atoms with Crippen LogP contribution in [0.5, 0.6) is 11.5 Å². The van der Waals surface area contributed by atoms with E-state index in [1.165, 1.54) is 0 Å². The zero-order valence-electron chi connectivity index (χ0n) is 19.0. The lowest BCUT2D eigenvalue weighted by Gasteiger charge is -2.19. The molecule has 0 bridgehead atoms. The Kier molecular flexibility index (Phi) is 6.64. The van der Waals surface area contributed by atoms with Gasteiger partial charge in [-0.05, 0) is 36.2 Å². The van der Waals surface area contributed by atoms with Gasteiger partial charge in [0.25, 0.3) is 0 Å². The predicted molar refractivity (Wildman–Crippen MR) is 128 cm³/mol. The number of aromatic nitrogens is 1. The van der Waals surface area contributed by atoms with E-state index in [-0.39, 0.29) is 30.6 Å². The molecule has 2 unspecified atom stereocenters. The van der Waals surface area contributed by atoms with Gasteiger partial charge < -0.3 is 24.4 Å². The van der Waals surface area contributed by atoms with Crippen molar-refractivity contribution in [2.75, 3.05) is 26.8 Å². The fraction of sp³-hybridized carbons (Fsp3) is 0.400. The van der Waals surface area contributed by atoms with Gasteiger partial charge in [-0.25, -0.2) is 4.98 Å². The highest BCUT2D eigenvalue weighted by Crippen LogP contribution is 2.36. The Balaban J connectivity index is 1.18. The van der Waals surface area contributed by atoms with E-state index in [1.807, 2.05) is 42.5 Å². The summed E-state index contributed by atoms with van der Waals surface area (Å²) in [6.45, 7) is 1.57. The number of likely N-dealkylation sites (tertiary alicyclic amines) is 1. The zero-order valence-corrected chi connectivity index (χ0v) is 19.8. The Bertz CT molecular complexity index is 1160. The summed E-state index contributed by atoms with van der Waals surface area (Å²) in [6.07, 6.45) is 1.90. The maximum atomic E-state index is 12.6. The number of fused-ring (bicyclic) bond motifs is 1. The van der Waals surface area contributed by atoms with Gasteiger partial charge in [-0.2, -0.15) is 0 Å². The van der Waals surface area contributed by atoms with Crippen molar-refractivity contribution >= 4 is 33.4 Å². The lowest BCUT2D eigenvalue weighted by atomic mass is 9.98. The Hall–Kier alpha value is -3.17. The van der Waals surface area contributed by atoms with Crippen LogP contribution >= 0.6 is 11.3 Å². The summed E-state index contributed by atoms with van der Waals surface area (Å²) in [5, 5.41) is 3.74. The van der Waals surface area contributed by atoms with Crippen molar-refractivity contribution < 1.29 is 23.8 Å².